The maximum Gasteiger partial charge on any atom is 0.330 e. The molecule has 0 fully saturated rings. The zero-order chi connectivity index (χ0) is 33.5. The molecule has 0 aliphatic carbocycles. The van der Waals surface area contributed by atoms with Gasteiger partial charge >= 0.3 is 8.60 Å². The van der Waals surface area contributed by atoms with E-state index >= 15 is 0 Å². The molecule has 260 valence electrons. The topological polar surface area (TPSA) is 159 Å². The molecule has 3 atom stereocenters. The van der Waals surface area contributed by atoms with Crippen molar-refractivity contribution in [1.29, 1.82) is 5.26 Å². The Morgan fingerprint density at radius 2 is 1.60 bits per heavy atom. The highest BCUT2D eigenvalue weighted by atomic mass is 31.2. The van der Waals surface area contributed by atoms with Crippen molar-refractivity contribution in [3.63, 3.8) is 0 Å². The maximum atomic E-state index is 10.5. The average molecular weight is 673 g/mol. The lowest BCUT2D eigenvalue weighted by molar-refractivity contribution is 0.0119. The summed E-state index contributed by atoms with van der Waals surface area (Å²) in [6.45, 7) is 3.28. The fourth-order valence-corrected chi connectivity index (χ4v) is 5.86. The molecule has 0 saturated heterocycles. The summed E-state index contributed by atoms with van der Waals surface area (Å²) in [5, 5.41) is 13.5. The number of nitrogen functional groups attached to an aromatic ring is 1. The van der Waals surface area contributed by atoms with Crippen molar-refractivity contribution in [3.8, 4) is 11.9 Å². The predicted molar refractivity (Wildman–Crippen MR) is 183 cm³/mol. The Balaban J connectivity index is 1.35. The molecule has 0 amide bonds. The van der Waals surface area contributed by atoms with E-state index in [1.54, 1.807) is 23.8 Å². The van der Waals surface area contributed by atoms with Crippen LogP contribution in [-0.2, 0) is 24.9 Å². The third kappa shape index (κ3) is 15.2. The number of hydrogen-bond acceptors (Lipinski definition) is 11. The molecule has 0 bridgehead atoms. The zero-order valence-electron chi connectivity index (χ0n) is 28.1. The first kappa shape index (κ1) is 38.5. The van der Waals surface area contributed by atoms with Crippen LogP contribution in [0.25, 0.3) is 5.52 Å². The summed E-state index contributed by atoms with van der Waals surface area (Å²) in [4.78, 5) is 18.7. The fraction of sp³-hybridized carbons (Fsp3) is 0.647. The van der Waals surface area contributed by atoms with E-state index in [2.05, 4.69) is 28.1 Å². The number of nitriles is 1. The number of methoxy groups -OCH3 is 1. The smallest absolute Gasteiger partial charge is 0.330 e. The summed E-state index contributed by atoms with van der Waals surface area (Å²) < 4.78 is 30.5. The lowest BCUT2D eigenvalue weighted by Crippen LogP contribution is -2.29. The minimum absolute atomic E-state index is 0.0219. The Labute approximate surface area is 280 Å². The molecule has 12 nitrogen and oxygen atoms in total. The van der Waals surface area contributed by atoms with Crippen LogP contribution < -0.4 is 10.5 Å². The molecule has 0 radical (unpaired) electrons. The molecule has 3 aromatic rings. The SMILES string of the molecule is CCCCCCCCCCCCCCOCC(COP(O)OCC(CCc1ccc2c(N)ncnn12)OC)Oc1cc(C#N)ccn1. The Morgan fingerprint density at radius 3 is 2.28 bits per heavy atom. The number of aryl methyl sites for hydroxylation is 1. The van der Waals surface area contributed by atoms with Crippen molar-refractivity contribution in [2.24, 2.45) is 0 Å². The number of rotatable bonds is 27. The van der Waals surface area contributed by atoms with E-state index in [9.17, 15) is 10.2 Å². The first-order chi connectivity index (χ1) is 23.0. The minimum atomic E-state index is -2.19. The number of hydrogen-bond donors (Lipinski definition) is 2. The van der Waals surface area contributed by atoms with Crippen molar-refractivity contribution in [1.82, 2.24) is 19.6 Å². The van der Waals surface area contributed by atoms with Gasteiger partial charge in [-0.25, -0.2) is 14.5 Å². The summed E-state index contributed by atoms with van der Waals surface area (Å²) in [6, 6.07) is 9.10. The number of fused-ring (bicyclic) bond motifs is 1. The number of aromatic nitrogens is 4. The summed E-state index contributed by atoms with van der Waals surface area (Å²) in [6.07, 6.45) is 18.8. The van der Waals surface area contributed by atoms with Crippen LogP contribution in [0.15, 0.2) is 36.8 Å². The first-order valence-corrected chi connectivity index (χ1v) is 18.1. The van der Waals surface area contributed by atoms with Crippen LogP contribution in [0.4, 0.5) is 5.82 Å². The second-order valence-corrected chi connectivity index (χ2v) is 12.7. The van der Waals surface area contributed by atoms with Crippen LogP contribution in [0, 0.1) is 11.3 Å². The van der Waals surface area contributed by atoms with Crippen LogP contribution in [0.3, 0.4) is 0 Å². The average Bonchev–Trinajstić information content (AvgIpc) is 3.51. The molecule has 47 heavy (non-hydrogen) atoms. The molecule has 0 saturated carbocycles. The molecular weight excluding hydrogens is 619 g/mol. The van der Waals surface area contributed by atoms with E-state index in [1.807, 2.05) is 12.1 Å². The summed E-state index contributed by atoms with van der Waals surface area (Å²) in [5.41, 5.74) is 8.09. The van der Waals surface area contributed by atoms with Crippen molar-refractivity contribution >= 4 is 19.9 Å². The van der Waals surface area contributed by atoms with Gasteiger partial charge in [0.25, 0.3) is 0 Å². The normalized spacial score (nSPS) is 13.4. The highest BCUT2D eigenvalue weighted by Gasteiger charge is 2.19. The number of unbranched alkanes of at least 4 members (excludes halogenated alkanes) is 11. The van der Waals surface area contributed by atoms with Crippen molar-refractivity contribution in [2.45, 2.75) is 109 Å². The number of nitrogens with zero attached hydrogens (tertiary/aromatic N) is 5. The molecule has 3 N–H and O–H groups in total. The number of ether oxygens (including phenoxy) is 3. The first-order valence-electron chi connectivity index (χ1n) is 17.0. The summed E-state index contributed by atoms with van der Waals surface area (Å²) in [7, 11) is -0.590. The van der Waals surface area contributed by atoms with Crippen LogP contribution in [0.5, 0.6) is 5.88 Å². The summed E-state index contributed by atoms with van der Waals surface area (Å²) >= 11 is 0. The van der Waals surface area contributed by atoms with E-state index in [0.29, 0.717) is 36.7 Å². The van der Waals surface area contributed by atoms with Crippen molar-refractivity contribution in [2.75, 3.05) is 39.3 Å². The third-order valence-electron chi connectivity index (χ3n) is 7.96. The predicted octanol–water partition coefficient (Wildman–Crippen LogP) is 6.94. The molecule has 3 rings (SSSR count). The molecule has 0 spiro atoms. The lowest BCUT2D eigenvalue weighted by Gasteiger charge is -2.21. The van der Waals surface area contributed by atoms with Gasteiger partial charge in [0.05, 0.1) is 37.6 Å². The fourth-order valence-electron chi connectivity index (χ4n) is 5.20. The summed E-state index contributed by atoms with van der Waals surface area (Å²) in [5.74, 6) is 0.714. The molecule has 3 heterocycles. The largest absolute Gasteiger partial charge is 0.469 e. The van der Waals surface area contributed by atoms with Gasteiger partial charge in [-0.1, -0.05) is 77.6 Å². The van der Waals surface area contributed by atoms with Crippen molar-refractivity contribution < 1.29 is 28.2 Å². The Kier molecular flexibility index (Phi) is 19.2. The monoisotopic (exact) mass is 672 g/mol. The minimum Gasteiger partial charge on any atom is -0.469 e. The van der Waals surface area contributed by atoms with Gasteiger partial charge in [0.1, 0.15) is 17.9 Å². The number of pyridine rings is 1. The van der Waals surface area contributed by atoms with Crippen molar-refractivity contribution in [3.05, 3.63) is 48.0 Å². The molecule has 3 aromatic heterocycles. The van der Waals surface area contributed by atoms with Gasteiger partial charge in [0.2, 0.25) is 5.88 Å². The van der Waals surface area contributed by atoms with E-state index < -0.39 is 14.7 Å². The maximum absolute atomic E-state index is 10.5. The quantitative estimate of drug-likeness (QED) is 0.0638. The second kappa shape index (κ2) is 23.4. The van der Waals surface area contributed by atoms with Crippen LogP contribution in [0.2, 0.25) is 0 Å². The number of anilines is 1. The molecule has 0 aliphatic rings. The lowest BCUT2D eigenvalue weighted by atomic mass is 10.1. The Morgan fingerprint density at radius 1 is 0.915 bits per heavy atom. The van der Waals surface area contributed by atoms with Crippen LogP contribution in [-0.4, -0.2) is 70.2 Å². The highest BCUT2D eigenvalue weighted by molar-refractivity contribution is 7.40. The van der Waals surface area contributed by atoms with Gasteiger partial charge in [-0.3, -0.25) is 0 Å². The number of nitrogens with two attached hydrogens (primary N) is 1. The van der Waals surface area contributed by atoms with Gasteiger partial charge in [0.15, 0.2) is 5.82 Å². The second-order valence-electron chi connectivity index (χ2n) is 11.7. The highest BCUT2D eigenvalue weighted by Crippen LogP contribution is 2.34. The van der Waals surface area contributed by atoms with Gasteiger partial charge in [-0.2, -0.15) is 10.4 Å². The van der Waals surface area contributed by atoms with E-state index in [0.717, 1.165) is 24.1 Å². The third-order valence-corrected chi connectivity index (χ3v) is 8.69. The molecule has 0 aliphatic heterocycles. The van der Waals surface area contributed by atoms with E-state index in [4.69, 9.17) is 29.0 Å². The van der Waals surface area contributed by atoms with E-state index in [1.165, 1.54) is 76.7 Å². The van der Waals surface area contributed by atoms with Gasteiger partial charge in [-0.15, -0.1) is 0 Å². The van der Waals surface area contributed by atoms with Crippen LogP contribution in [0.1, 0.15) is 102 Å². The molecule has 0 aromatic carbocycles. The standard InChI is InChI=1S/C34H53N6O6P/c1-3-4-5-6-7-8-9-10-11-12-13-14-21-43-24-31(46-33-22-28(23-35)19-20-37-33)26-45-47(41)44-25-30(42-2)17-15-29-16-18-32-34(36)38-27-39-40(29)32/h16,18-20,22,27,30-31,41H,3-15,17,21,24-26H2,1-2H3,(H2,36,38,39). The Hall–Kier alpha value is -2.91. The zero-order valence-corrected chi connectivity index (χ0v) is 29.0. The van der Waals surface area contributed by atoms with Crippen LogP contribution >= 0.6 is 8.60 Å². The van der Waals surface area contributed by atoms with Gasteiger partial charge in [0, 0.05) is 31.7 Å². The van der Waals surface area contributed by atoms with Gasteiger partial charge in [-0.05, 0) is 37.5 Å². The molecule has 3 unspecified atom stereocenters. The molecular formula is C34H53N6O6P. The van der Waals surface area contributed by atoms with E-state index in [-0.39, 0.29) is 25.9 Å². The molecule has 13 heteroatoms. The Bertz CT molecular complexity index is 1310. The van der Waals surface area contributed by atoms with Gasteiger partial charge < -0.3 is 33.9 Å².